The highest BCUT2D eigenvalue weighted by Gasteiger charge is 2.42. The second-order valence-electron chi connectivity index (χ2n) is 12.6. The fourth-order valence-electron chi connectivity index (χ4n) is 3.77. The lowest BCUT2D eigenvalue weighted by Crippen LogP contribution is -2.59. The van der Waals surface area contributed by atoms with E-state index in [-0.39, 0.29) is 17.7 Å². The number of hydrogen-bond acceptors (Lipinski definition) is 4. The highest BCUT2D eigenvalue weighted by Crippen LogP contribution is 2.31. The van der Waals surface area contributed by atoms with Gasteiger partial charge in [0.25, 0.3) is 0 Å². The molecule has 7 nitrogen and oxygen atoms in total. The van der Waals surface area contributed by atoms with Crippen LogP contribution in [0.1, 0.15) is 99.8 Å². The molecule has 1 rings (SSSR count). The molecule has 0 radical (unpaired) electrons. The first-order chi connectivity index (χ1) is 16.2. The fraction of sp³-hybridized carbons (Fsp3) is 0.621. The van der Waals surface area contributed by atoms with Crippen LogP contribution in [0.25, 0.3) is 0 Å². The predicted octanol–water partition coefficient (Wildman–Crippen LogP) is 5.19. The van der Waals surface area contributed by atoms with E-state index in [0.717, 1.165) is 0 Å². The average molecular weight is 500 g/mol. The van der Waals surface area contributed by atoms with Gasteiger partial charge < -0.3 is 20.3 Å². The molecule has 0 aromatic heterocycles. The van der Waals surface area contributed by atoms with E-state index in [1.807, 2.05) is 55.4 Å². The van der Waals surface area contributed by atoms with Crippen molar-refractivity contribution in [2.75, 3.05) is 0 Å². The second-order valence-corrected chi connectivity index (χ2v) is 12.6. The zero-order valence-corrected chi connectivity index (χ0v) is 23.9. The maximum Gasteiger partial charge on any atom is 0.408 e. The van der Waals surface area contributed by atoms with Crippen molar-refractivity contribution in [2.24, 2.45) is 5.92 Å². The highest BCUT2D eigenvalue weighted by atomic mass is 16.6. The summed E-state index contributed by atoms with van der Waals surface area (Å²) in [5.74, 6) is 2.00. The van der Waals surface area contributed by atoms with Gasteiger partial charge in [-0.15, -0.1) is 6.42 Å². The minimum atomic E-state index is -0.946. The van der Waals surface area contributed by atoms with Gasteiger partial charge in [0.1, 0.15) is 17.7 Å². The molecule has 0 aliphatic heterocycles. The zero-order valence-electron chi connectivity index (χ0n) is 23.9. The Kier molecular flexibility index (Phi) is 10.2. The van der Waals surface area contributed by atoms with Gasteiger partial charge in [-0.3, -0.25) is 9.59 Å². The molecular formula is C29H45N3O4. The van der Waals surface area contributed by atoms with Gasteiger partial charge in [-0.05, 0) is 92.3 Å². The number of rotatable bonds is 7. The Hall–Kier alpha value is -3.01. The molecule has 36 heavy (non-hydrogen) atoms. The van der Waals surface area contributed by atoms with E-state index < -0.39 is 34.9 Å². The number of benzene rings is 1. The van der Waals surface area contributed by atoms with E-state index in [4.69, 9.17) is 11.2 Å². The Labute approximate surface area is 217 Å². The minimum absolute atomic E-state index is 0.104. The van der Waals surface area contributed by atoms with Gasteiger partial charge >= 0.3 is 6.09 Å². The Morgan fingerprint density at radius 1 is 0.972 bits per heavy atom. The molecule has 1 aromatic carbocycles. The largest absolute Gasteiger partial charge is 0.444 e. The quantitative estimate of drug-likeness (QED) is 0.506. The smallest absolute Gasteiger partial charge is 0.408 e. The van der Waals surface area contributed by atoms with Gasteiger partial charge in [-0.1, -0.05) is 31.9 Å². The van der Waals surface area contributed by atoms with Crippen LogP contribution < -0.4 is 10.6 Å². The summed E-state index contributed by atoms with van der Waals surface area (Å²) in [7, 11) is 0. The number of carbonyl (C=O) groups is 3. The number of carbonyl (C=O) groups excluding carboxylic acids is 3. The summed E-state index contributed by atoms with van der Waals surface area (Å²) in [6, 6.07) is 5.22. The standard InChI is InChI=1S/C29H45N3O4/c1-13-20-14-16-21(17-15-20)23(24(33)31-27(4,5)6)32(28(7,8)9)25(34)22(18-19(2)3)30-26(35)36-29(10,11)12/h1,14-17,19,22-23H,18H2,2-12H3,(H,30,35)(H,31,33). The van der Waals surface area contributed by atoms with Crippen LogP contribution >= 0.6 is 0 Å². The molecule has 200 valence electrons. The van der Waals surface area contributed by atoms with Crippen molar-refractivity contribution in [1.29, 1.82) is 0 Å². The molecule has 0 saturated carbocycles. The third-order valence-electron chi connectivity index (χ3n) is 5.05. The van der Waals surface area contributed by atoms with Gasteiger partial charge in [0, 0.05) is 16.6 Å². The van der Waals surface area contributed by atoms with Crippen LogP contribution in [0.2, 0.25) is 0 Å². The number of hydrogen-bond donors (Lipinski definition) is 2. The molecule has 7 heteroatoms. The molecule has 0 aliphatic rings. The number of alkyl carbamates (subject to hydrolysis) is 1. The molecule has 1 aromatic rings. The van der Waals surface area contributed by atoms with Gasteiger partial charge in [0.05, 0.1) is 0 Å². The highest BCUT2D eigenvalue weighted by molar-refractivity contribution is 5.93. The van der Waals surface area contributed by atoms with Crippen LogP contribution in [0.4, 0.5) is 4.79 Å². The monoisotopic (exact) mass is 499 g/mol. The third kappa shape index (κ3) is 9.93. The molecule has 2 atom stereocenters. The van der Waals surface area contributed by atoms with Crippen molar-refractivity contribution in [1.82, 2.24) is 15.5 Å². The summed E-state index contributed by atoms with van der Waals surface area (Å²) < 4.78 is 5.43. The van der Waals surface area contributed by atoms with E-state index >= 15 is 0 Å². The number of ether oxygens (including phenoxy) is 1. The normalized spacial score (nSPS) is 13.9. The summed E-state index contributed by atoms with van der Waals surface area (Å²) in [6.07, 6.45) is 5.23. The van der Waals surface area contributed by atoms with Gasteiger partial charge in [0.15, 0.2) is 0 Å². The first-order valence-corrected chi connectivity index (χ1v) is 12.5. The van der Waals surface area contributed by atoms with E-state index in [0.29, 0.717) is 17.5 Å². The van der Waals surface area contributed by atoms with Crippen LogP contribution in [0.5, 0.6) is 0 Å². The van der Waals surface area contributed by atoms with Crippen molar-refractivity contribution >= 4 is 17.9 Å². The lowest BCUT2D eigenvalue weighted by atomic mass is 9.92. The van der Waals surface area contributed by atoms with E-state index in [2.05, 4.69) is 16.6 Å². The minimum Gasteiger partial charge on any atom is -0.444 e. The van der Waals surface area contributed by atoms with Gasteiger partial charge in [-0.25, -0.2) is 4.79 Å². The molecule has 0 aliphatic carbocycles. The van der Waals surface area contributed by atoms with Crippen molar-refractivity contribution < 1.29 is 19.1 Å². The average Bonchev–Trinajstić information content (AvgIpc) is 2.67. The van der Waals surface area contributed by atoms with Crippen molar-refractivity contribution in [3.8, 4) is 12.3 Å². The molecule has 2 N–H and O–H groups in total. The van der Waals surface area contributed by atoms with E-state index in [9.17, 15) is 14.4 Å². The van der Waals surface area contributed by atoms with E-state index in [1.165, 1.54) is 0 Å². The Balaban J connectivity index is 3.62. The van der Waals surface area contributed by atoms with Crippen LogP contribution in [-0.4, -0.2) is 45.5 Å². The van der Waals surface area contributed by atoms with Crippen LogP contribution in [0, 0.1) is 18.3 Å². The Morgan fingerprint density at radius 3 is 1.89 bits per heavy atom. The molecule has 0 fully saturated rings. The number of terminal acetylenes is 1. The first-order valence-electron chi connectivity index (χ1n) is 12.5. The van der Waals surface area contributed by atoms with Crippen LogP contribution in [0.15, 0.2) is 24.3 Å². The first kappa shape index (κ1) is 31.0. The molecular weight excluding hydrogens is 454 g/mol. The van der Waals surface area contributed by atoms with Crippen molar-refractivity contribution in [2.45, 2.75) is 111 Å². The third-order valence-corrected chi connectivity index (χ3v) is 5.05. The second kappa shape index (κ2) is 11.8. The SMILES string of the molecule is C#Cc1ccc(C(C(=O)NC(C)(C)C)N(C(=O)C(CC(C)C)NC(=O)OC(C)(C)C)C(C)(C)C)cc1. The summed E-state index contributed by atoms with van der Waals surface area (Å²) in [6.45, 7) is 20.5. The Bertz CT molecular complexity index is 955. The molecule has 2 unspecified atom stereocenters. The summed E-state index contributed by atoms with van der Waals surface area (Å²) in [4.78, 5) is 42.1. The maximum atomic E-state index is 14.2. The van der Waals surface area contributed by atoms with Crippen molar-refractivity contribution in [3.05, 3.63) is 35.4 Å². The predicted molar refractivity (Wildman–Crippen MR) is 144 cm³/mol. The number of amides is 3. The lowest BCUT2D eigenvalue weighted by molar-refractivity contribution is -0.149. The fourth-order valence-corrected chi connectivity index (χ4v) is 3.77. The van der Waals surface area contributed by atoms with Crippen LogP contribution in [0.3, 0.4) is 0 Å². The number of nitrogens with zero attached hydrogens (tertiary/aromatic N) is 1. The zero-order chi connectivity index (χ0) is 28.1. The Morgan fingerprint density at radius 2 is 1.50 bits per heavy atom. The summed E-state index contributed by atoms with van der Waals surface area (Å²) in [5, 5.41) is 5.78. The van der Waals surface area contributed by atoms with E-state index in [1.54, 1.807) is 49.9 Å². The van der Waals surface area contributed by atoms with Crippen LogP contribution in [-0.2, 0) is 14.3 Å². The molecule has 0 heterocycles. The maximum absolute atomic E-state index is 14.2. The lowest BCUT2D eigenvalue weighted by Gasteiger charge is -2.44. The molecule has 0 saturated heterocycles. The topological polar surface area (TPSA) is 87.7 Å². The van der Waals surface area contributed by atoms with Gasteiger partial charge in [-0.2, -0.15) is 0 Å². The molecule has 0 spiro atoms. The molecule has 0 bridgehead atoms. The summed E-state index contributed by atoms with van der Waals surface area (Å²) in [5.41, 5.74) is -0.696. The van der Waals surface area contributed by atoms with Gasteiger partial charge in [0.2, 0.25) is 11.8 Å². The summed E-state index contributed by atoms with van der Waals surface area (Å²) >= 11 is 0. The number of nitrogens with one attached hydrogen (secondary N) is 2. The molecule has 3 amide bonds. The van der Waals surface area contributed by atoms with Crippen molar-refractivity contribution in [3.63, 3.8) is 0 Å².